The maximum Gasteiger partial charge on any atom is 0.120 e. The summed E-state index contributed by atoms with van der Waals surface area (Å²) in [5, 5.41) is 9.76. The highest BCUT2D eigenvalue weighted by Crippen LogP contribution is 2.18. The predicted molar refractivity (Wildman–Crippen MR) is 74.4 cm³/mol. The summed E-state index contributed by atoms with van der Waals surface area (Å²) < 4.78 is 0. The average molecular weight is 242 g/mol. The van der Waals surface area contributed by atoms with Gasteiger partial charge in [0.05, 0.1) is 0 Å². The van der Waals surface area contributed by atoms with Gasteiger partial charge in [0.1, 0.15) is 5.75 Å². The molecule has 3 nitrogen and oxygen atoms in total. The molecule has 3 heteroatoms. The number of phenols is 1. The molecule has 0 aromatic heterocycles. The predicted octanol–water partition coefficient (Wildman–Crippen LogP) is 3.07. The molecule has 0 atom stereocenters. The SMILES string of the molecule is CCc1ccc(O)c(CNNc2ccccc2)c1. The number of aryl methyl sites for hydroxylation is 1. The lowest BCUT2D eigenvalue weighted by Gasteiger charge is -2.10. The summed E-state index contributed by atoms with van der Waals surface area (Å²) in [5.41, 5.74) is 9.33. The lowest BCUT2D eigenvalue weighted by molar-refractivity contribution is 0.465. The molecule has 0 unspecified atom stereocenters. The van der Waals surface area contributed by atoms with Crippen LogP contribution in [0.15, 0.2) is 48.5 Å². The Balaban J connectivity index is 1.94. The van der Waals surface area contributed by atoms with Crippen LogP contribution < -0.4 is 10.9 Å². The number of phenolic OH excluding ortho intramolecular Hbond substituents is 1. The second-order valence-corrected chi connectivity index (χ2v) is 4.16. The molecule has 0 spiro atoms. The van der Waals surface area contributed by atoms with Gasteiger partial charge >= 0.3 is 0 Å². The van der Waals surface area contributed by atoms with Gasteiger partial charge in [-0.2, -0.15) is 0 Å². The topological polar surface area (TPSA) is 44.3 Å². The van der Waals surface area contributed by atoms with Crippen molar-refractivity contribution in [1.82, 2.24) is 5.43 Å². The number of benzene rings is 2. The van der Waals surface area contributed by atoms with E-state index in [9.17, 15) is 5.11 Å². The highest BCUT2D eigenvalue weighted by Gasteiger charge is 2.01. The molecule has 2 rings (SSSR count). The van der Waals surface area contributed by atoms with E-state index in [-0.39, 0.29) is 0 Å². The number of nitrogens with one attached hydrogen (secondary N) is 2. The molecule has 0 aliphatic heterocycles. The van der Waals surface area contributed by atoms with Crippen LogP contribution in [0, 0.1) is 0 Å². The maximum absolute atomic E-state index is 9.76. The number of aromatic hydroxyl groups is 1. The van der Waals surface area contributed by atoms with E-state index in [2.05, 4.69) is 17.8 Å². The number of hydrogen-bond donors (Lipinski definition) is 3. The molecule has 0 bridgehead atoms. The molecule has 0 amide bonds. The van der Waals surface area contributed by atoms with E-state index >= 15 is 0 Å². The van der Waals surface area contributed by atoms with E-state index < -0.39 is 0 Å². The lowest BCUT2D eigenvalue weighted by Crippen LogP contribution is -2.20. The van der Waals surface area contributed by atoms with Crippen LogP contribution in [0.1, 0.15) is 18.1 Å². The summed E-state index contributed by atoms with van der Waals surface area (Å²) in [4.78, 5) is 0. The summed E-state index contributed by atoms with van der Waals surface area (Å²) in [6.45, 7) is 2.68. The number of hydrazine groups is 1. The molecule has 0 radical (unpaired) electrons. The minimum absolute atomic E-state index is 0.328. The van der Waals surface area contributed by atoms with Crippen molar-refractivity contribution in [3.63, 3.8) is 0 Å². The fourth-order valence-corrected chi connectivity index (χ4v) is 1.76. The summed E-state index contributed by atoms with van der Waals surface area (Å²) in [6.07, 6.45) is 0.972. The Bertz CT molecular complexity index is 497. The third kappa shape index (κ3) is 3.25. The van der Waals surface area contributed by atoms with Gasteiger partial charge in [0.25, 0.3) is 0 Å². The highest BCUT2D eigenvalue weighted by atomic mass is 16.3. The fourth-order valence-electron chi connectivity index (χ4n) is 1.76. The molecular formula is C15H18N2O. The van der Waals surface area contributed by atoms with Gasteiger partial charge in [-0.05, 0) is 30.2 Å². The maximum atomic E-state index is 9.76. The van der Waals surface area contributed by atoms with Gasteiger partial charge in [0.15, 0.2) is 0 Å². The fraction of sp³-hybridized carbons (Fsp3) is 0.200. The first kappa shape index (κ1) is 12.5. The summed E-state index contributed by atoms with van der Waals surface area (Å²) in [6, 6.07) is 15.6. The van der Waals surface area contributed by atoms with E-state index in [0.29, 0.717) is 12.3 Å². The first-order valence-electron chi connectivity index (χ1n) is 6.14. The van der Waals surface area contributed by atoms with E-state index in [4.69, 9.17) is 0 Å². The average Bonchev–Trinajstić information content (AvgIpc) is 2.42. The Morgan fingerprint density at radius 1 is 1.06 bits per heavy atom. The van der Waals surface area contributed by atoms with Crippen LogP contribution in [0.5, 0.6) is 5.75 Å². The summed E-state index contributed by atoms with van der Waals surface area (Å²) in [5.74, 6) is 0.328. The molecule has 18 heavy (non-hydrogen) atoms. The first-order valence-corrected chi connectivity index (χ1v) is 6.14. The van der Waals surface area contributed by atoms with Gasteiger partial charge < -0.3 is 10.5 Å². The van der Waals surface area contributed by atoms with E-state index in [0.717, 1.165) is 17.7 Å². The Morgan fingerprint density at radius 2 is 1.83 bits per heavy atom. The van der Waals surface area contributed by atoms with Crippen molar-refractivity contribution in [2.45, 2.75) is 19.9 Å². The molecule has 94 valence electrons. The Kier molecular flexibility index (Phi) is 4.20. The van der Waals surface area contributed by atoms with Gasteiger partial charge in [0, 0.05) is 17.8 Å². The molecule has 0 fully saturated rings. The van der Waals surface area contributed by atoms with Gasteiger partial charge in [0.2, 0.25) is 0 Å². The first-order chi connectivity index (χ1) is 8.79. The Morgan fingerprint density at radius 3 is 2.56 bits per heavy atom. The van der Waals surface area contributed by atoms with Crippen molar-refractivity contribution in [3.8, 4) is 5.75 Å². The molecule has 0 saturated carbocycles. The Labute approximate surface area is 107 Å². The summed E-state index contributed by atoms with van der Waals surface area (Å²) >= 11 is 0. The molecule has 0 heterocycles. The smallest absolute Gasteiger partial charge is 0.120 e. The molecular weight excluding hydrogens is 224 g/mol. The molecule has 0 saturated heterocycles. The van der Waals surface area contributed by atoms with Crippen LogP contribution >= 0.6 is 0 Å². The van der Waals surface area contributed by atoms with Crippen LogP contribution in [0.3, 0.4) is 0 Å². The van der Waals surface area contributed by atoms with Crippen molar-refractivity contribution >= 4 is 5.69 Å². The summed E-state index contributed by atoms with van der Waals surface area (Å²) in [7, 11) is 0. The van der Waals surface area contributed by atoms with Gasteiger partial charge in [-0.25, -0.2) is 5.43 Å². The zero-order valence-electron chi connectivity index (χ0n) is 10.5. The van der Waals surface area contributed by atoms with Gasteiger partial charge in [-0.3, -0.25) is 0 Å². The minimum Gasteiger partial charge on any atom is -0.508 e. The number of hydrogen-bond acceptors (Lipinski definition) is 3. The monoisotopic (exact) mass is 242 g/mol. The van der Waals surface area contributed by atoms with Crippen molar-refractivity contribution < 1.29 is 5.11 Å². The molecule has 2 aromatic rings. The largest absolute Gasteiger partial charge is 0.508 e. The van der Waals surface area contributed by atoms with Gasteiger partial charge in [-0.1, -0.05) is 37.3 Å². The number of para-hydroxylation sites is 1. The van der Waals surface area contributed by atoms with Crippen molar-refractivity contribution in [2.24, 2.45) is 0 Å². The second kappa shape index (κ2) is 6.07. The molecule has 2 aromatic carbocycles. The Hall–Kier alpha value is -2.00. The van der Waals surface area contributed by atoms with Crippen LogP contribution in [-0.4, -0.2) is 5.11 Å². The third-order valence-electron chi connectivity index (χ3n) is 2.84. The normalized spacial score (nSPS) is 10.3. The van der Waals surface area contributed by atoms with Crippen LogP contribution in [0.25, 0.3) is 0 Å². The highest BCUT2D eigenvalue weighted by molar-refractivity contribution is 5.42. The number of anilines is 1. The van der Waals surface area contributed by atoms with E-state index in [1.165, 1.54) is 5.56 Å². The minimum atomic E-state index is 0.328. The zero-order valence-corrected chi connectivity index (χ0v) is 10.5. The second-order valence-electron chi connectivity index (χ2n) is 4.16. The van der Waals surface area contributed by atoms with Crippen LogP contribution in [0.4, 0.5) is 5.69 Å². The molecule has 3 N–H and O–H groups in total. The third-order valence-corrected chi connectivity index (χ3v) is 2.84. The van der Waals surface area contributed by atoms with Crippen molar-refractivity contribution in [1.29, 1.82) is 0 Å². The standard InChI is InChI=1S/C15H18N2O/c1-2-12-8-9-15(18)13(10-12)11-16-17-14-6-4-3-5-7-14/h3-10,16-18H,2,11H2,1H3. The lowest BCUT2D eigenvalue weighted by atomic mass is 10.1. The van der Waals surface area contributed by atoms with Crippen LogP contribution in [0.2, 0.25) is 0 Å². The van der Waals surface area contributed by atoms with Crippen LogP contribution in [-0.2, 0) is 13.0 Å². The van der Waals surface area contributed by atoms with Crippen molar-refractivity contribution in [3.05, 3.63) is 59.7 Å². The van der Waals surface area contributed by atoms with E-state index in [1.54, 1.807) is 6.07 Å². The zero-order chi connectivity index (χ0) is 12.8. The quantitative estimate of drug-likeness (QED) is 0.706. The van der Waals surface area contributed by atoms with Crippen molar-refractivity contribution in [2.75, 3.05) is 5.43 Å². The molecule has 0 aliphatic rings. The van der Waals surface area contributed by atoms with Gasteiger partial charge in [-0.15, -0.1) is 0 Å². The molecule has 0 aliphatic carbocycles. The number of rotatable bonds is 5. The van der Waals surface area contributed by atoms with E-state index in [1.807, 2.05) is 42.5 Å².